The molecule has 9 nitrogen and oxygen atoms in total. The zero-order chi connectivity index (χ0) is 22.6. The molecule has 2 aromatic rings. The van der Waals surface area contributed by atoms with E-state index in [2.05, 4.69) is 5.32 Å². The summed E-state index contributed by atoms with van der Waals surface area (Å²) < 4.78 is 36.2. The minimum absolute atomic E-state index is 0.0767. The highest BCUT2D eigenvalue weighted by Crippen LogP contribution is 2.33. The van der Waals surface area contributed by atoms with Gasteiger partial charge in [0.15, 0.2) is 0 Å². The molecule has 2 aromatic carbocycles. The third kappa shape index (κ3) is 5.26. The molecule has 166 valence electrons. The predicted octanol–water partition coefficient (Wildman–Crippen LogP) is 2.24. The first kappa shape index (κ1) is 22.4. The molecule has 3 rings (SSSR count). The molecule has 1 saturated heterocycles. The summed E-state index contributed by atoms with van der Waals surface area (Å²) in [6.07, 6.45) is 2.38. The van der Waals surface area contributed by atoms with Crippen molar-refractivity contribution in [1.82, 2.24) is 0 Å². The van der Waals surface area contributed by atoms with Crippen molar-refractivity contribution in [3.63, 3.8) is 0 Å². The van der Waals surface area contributed by atoms with Gasteiger partial charge in [0.05, 0.1) is 26.2 Å². The Morgan fingerprint density at radius 1 is 1.13 bits per heavy atom. The molecule has 0 aromatic heterocycles. The van der Waals surface area contributed by atoms with Crippen LogP contribution >= 0.6 is 0 Å². The fourth-order valence-corrected chi connectivity index (χ4v) is 4.20. The first-order valence-electron chi connectivity index (χ1n) is 9.63. The molecule has 1 aliphatic rings. The van der Waals surface area contributed by atoms with Gasteiger partial charge >= 0.3 is 0 Å². The Morgan fingerprint density at radius 3 is 2.39 bits per heavy atom. The van der Waals surface area contributed by atoms with Crippen LogP contribution in [0.3, 0.4) is 0 Å². The van der Waals surface area contributed by atoms with Crippen molar-refractivity contribution >= 4 is 38.9 Å². The smallest absolute Gasteiger partial charge is 0.245 e. The quantitative estimate of drug-likeness (QED) is 0.665. The van der Waals surface area contributed by atoms with E-state index in [1.807, 2.05) is 0 Å². The van der Waals surface area contributed by atoms with E-state index in [-0.39, 0.29) is 11.6 Å². The lowest BCUT2D eigenvalue weighted by atomic mass is 10.2. The number of nitrogens with one attached hydrogen (secondary N) is 1. The number of ether oxygens (including phenoxy) is 2. The average Bonchev–Trinajstić information content (AvgIpc) is 3.17. The van der Waals surface area contributed by atoms with Gasteiger partial charge < -0.3 is 19.7 Å². The molecule has 31 heavy (non-hydrogen) atoms. The van der Waals surface area contributed by atoms with Gasteiger partial charge in [-0.3, -0.25) is 13.9 Å². The summed E-state index contributed by atoms with van der Waals surface area (Å²) in [4.78, 5) is 26.2. The number of hydrogen-bond acceptors (Lipinski definition) is 6. The van der Waals surface area contributed by atoms with E-state index < -0.39 is 22.5 Å². The molecule has 1 heterocycles. The number of carbonyl (C=O) groups excluding carboxylic acids is 2. The molecule has 1 N–H and O–H groups in total. The molecule has 0 aliphatic carbocycles. The van der Waals surface area contributed by atoms with Crippen LogP contribution in [-0.4, -0.2) is 53.8 Å². The van der Waals surface area contributed by atoms with E-state index in [0.29, 0.717) is 30.2 Å². The number of carbonyl (C=O) groups is 2. The molecule has 0 spiro atoms. The Hall–Kier alpha value is -3.27. The molecule has 2 amide bonds. The number of benzene rings is 2. The van der Waals surface area contributed by atoms with E-state index >= 15 is 0 Å². The Bertz CT molecular complexity index is 1070. The van der Waals surface area contributed by atoms with E-state index in [9.17, 15) is 18.0 Å². The van der Waals surface area contributed by atoms with E-state index in [0.717, 1.165) is 22.7 Å². The summed E-state index contributed by atoms with van der Waals surface area (Å²) in [5.74, 6) is 0.267. The fourth-order valence-electron chi connectivity index (χ4n) is 3.35. The molecule has 0 atom stereocenters. The highest BCUT2D eigenvalue weighted by Gasteiger charge is 2.25. The lowest BCUT2D eigenvalue weighted by Crippen LogP contribution is -2.37. The van der Waals surface area contributed by atoms with Gasteiger partial charge in [-0.15, -0.1) is 0 Å². The van der Waals surface area contributed by atoms with Crippen molar-refractivity contribution in [2.75, 3.05) is 48.1 Å². The minimum Gasteiger partial charge on any atom is -0.497 e. The van der Waals surface area contributed by atoms with Crippen molar-refractivity contribution < 1.29 is 27.5 Å². The van der Waals surface area contributed by atoms with E-state index in [4.69, 9.17) is 9.47 Å². The van der Waals surface area contributed by atoms with E-state index in [1.165, 1.54) is 20.3 Å². The van der Waals surface area contributed by atoms with Crippen molar-refractivity contribution in [1.29, 1.82) is 0 Å². The van der Waals surface area contributed by atoms with Gasteiger partial charge in [0.2, 0.25) is 21.8 Å². The summed E-state index contributed by atoms with van der Waals surface area (Å²) in [5, 5.41) is 2.69. The van der Waals surface area contributed by atoms with Crippen LogP contribution in [0.25, 0.3) is 0 Å². The summed E-state index contributed by atoms with van der Waals surface area (Å²) >= 11 is 0. The van der Waals surface area contributed by atoms with Crippen molar-refractivity contribution in [3.8, 4) is 11.5 Å². The zero-order valence-electron chi connectivity index (χ0n) is 17.6. The molecular formula is C21H25N3O6S. The molecule has 10 heteroatoms. The van der Waals surface area contributed by atoms with Crippen LogP contribution in [0.2, 0.25) is 0 Å². The number of sulfonamides is 1. The van der Waals surface area contributed by atoms with Crippen LogP contribution in [0.1, 0.15) is 12.8 Å². The van der Waals surface area contributed by atoms with Gasteiger partial charge in [-0.1, -0.05) is 0 Å². The maximum absolute atomic E-state index is 12.6. The average molecular weight is 448 g/mol. The molecule has 0 saturated carbocycles. The second kappa shape index (κ2) is 9.25. The SMILES string of the molecule is COc1ccc(OC)c(N(CC(=O)Nc2ccc(N3CCCC3=O)cc2)S(C)(=O)=O)c1. The number of rotatable bonds is 8. The maximum Gasteiger partial charge on any atom is 0.245 e. The fraction of sp³-hybridized carbons (Fsp3) is 0.333. The second-order valence-electron chi connectivity index (χ2n) is 7.05. The van der Waals surface area contributed by atoms with Gasteiger partial charge in [-0.2, -0.15) is 0 Å². The summed E-state index contributed by atoms with van der Waals surface area (Å²) in [7, 11) is -0.918. The monoisotopic (exact) mass is 447 g/mol. The van der Waals surface area contributed by atoms with Crippen molar-refractivity contribution in [2.24, 2.45) is 0 Å². The standard InChI is InChI=1S/C21H25N3O6S/c1-29-17-10-11-19(30-2)18(13-17)24(31(3,27)28)14-20(25)22-15-6-8-16(9-7-15)23-12-4-5-21(23)26/h6-11,13H,4-5,12,14H2,1-3H3,(H,22,25). The highest BCUT2D eigenvalue weighted by atomic mass is 32.2. The maximum atomic E-state index is 12.6. The summed E-state index contributed by atoms with van der Waals surface area (Å²) in [6.45, 7) is 0.227. The Kier molecular flexibility index (Phi) is 6.69. The van der Waals surface area contributed by atoms with Crippen molar-refractivity contribution in [3.05, 3.63) is 42.5 Å². The molecule has 1 fully saturated rings. The second-order valence-corrected chi connectivity index (χ2v) is 8.96. The Morgan fingerprint density at radius 2 is 1.84 bits per heavy atom. The lowest BCUT2D eigenvalue weighted by Gasteiger charge is -2.24. The number of hydrogen-bond donors (Lipinski definition) is 1. The molecule has 0 unspecified atom stereocenters. The van der Waals surface area contributed by atoms with Gasteiger partial charge in [0.25, 0.3) is 0 Å². The summed E-state index contributed by atoms with van der Waals surface area (Å²) in [5.41, 5.74) is 1.45. The van der Waals surface area contributed by atoms with Crippen LogP contribution in [0, 0.1) is 0 Å². The molecular weight excluding hydrogens is 422 g/mol. The predicted molar refractivity (Wildman–Crippen MR) is 118 cm³/mol. The van der Waals surface area contributed by atoms with Gasteiger partial charge in [0.1, 0.15) is 18.0 Å². The van der Waals surface area contributed by atoms with Gasteiger partial charge in [0, 0.05) is 30.4 Å². The third-order valence-corrected chi connectivity index (χ3v) is 6.00. The number of nitrogens with zero attached hydrogens (tertiary/aromatic N) is 2. The minimum atomic E-state index is -3.79. The third-order valence-electron chi connectivity index (χ3n) is 4.88. The van der Waals surface area contributed by atoms with Crippen molar-refractivity contribution in [2.45, 2.75) is 12.8 Å². The molecule has 0 radical (unpaired) electrons. The Labute approximate surface area is 181 Å². The number of methoxy groups -OCH3 is 2. The van der Waals surface area contributed by atoms with Crippen LogP contribution in [0.4, 0.5) is 17.1 Å². The first-order valence-corrected chi connectivity index (χ1v) is 11.5. The number of anilines is 3. The largest absolute Gasteiger partial charge is 0.497 e. The van der Waals surface area contributed by atoms with E-state index in [1.54, 1.807) is 41.3 Å². The zero-order valence-corrected chi connectivity index (χ0v) is 18.4. The lowest BCUT2D eigenvalue weighted by molar-refractivity contribution is -0.117. The summed E-state index contributed by atoms with van der Waals surface area (Å²) in [6, 6.07) is 11.6. The van der Waals surface area contributed by atoms with Crippen LogP contribution in [0.5, 0.6) is 11.5 Å². The van der Waals surface area contributed by atoms with Crippen LogP contribution < -0.4 is 24.0 Å². The molecule has 1 aliphatic heterocycles. The topological polar surface area (TPSA) is 105 Å². The van der Waals surface area contributed by atoms with Gasteiger partial charge in [-0.25, -0.2) is 8.42 Å². The first-order chi connectivity index (χ1) is 14.7. The van der Waals surface area contributed by atoms with Gasteiger partial charge in [-0.05, 0) is 42.8 Å². The normalized spacial score (nSPS) is 13.8. The van der Waals surface area contributed by atoms with Crippen LogP contribution in [0.15, 0.2) is 42.5 Å². The van der Waals surface area contributed by atoms with Crippen LogP contribution in [-0.2, 0) is 19.6 Å². The molecule has 0 bridgehead atoms. The highest BCUT2D eigenvalue weighted by molar-refractivity contribution is 7.92. The Balaban J connectivity index is 1.77. The number of amides is 2.